The minimum atomic E-state index is 0.244. The molecule has 0 bridgehead atoms. The van der Waals surface area contributed by atoms with Crippen molar-refractivity contribution in [2.45, 2.75) is 12.5 Å². The molecular weight excluding hydrogens is 258 g/mol. The van der Waals surface area contributed by atoms with Crippen molar-refractivity contribution in [3.05, 3.63) is 64.7 Å². The van der Waals surface area contributed by atoms with E-state index in [1.165, 1.54) is 11.1 Å². The summed E-state index contributed by atoms with van der Waals surface area (Å²) in [5.74, 6) is 0.879. The number of hydrogen-bond donors (Lipinski definition) is 1. The van der Waals surface area contributed by atoms with Gasteiger partial charge in [0.05, 0.1) is 7.11 Å². The SMILES string of the molecule is CNC(Cc1cccc(Cl)c1)c1cccc(OC)c1. The third-order valence-electron chi connectivity index (χ3n) is 3.17. The molecule has 0 aliphatic carbocycles. The van der Waals surface area contributed by atoms with Crippen LogP contribution in [-0.4, -0.2) is 14.2 Å². The molecule has 3 heteroatoms. The molecule has 0 heterocycles. The summed E-state index contributed by atoms with van der Waals surface area (Å²) in [6, 6.07) is 16.4. The lowest BCUT2D eigenvalue weighted by Gasteiger charge is -2.17. The van der Waals surface area contributed by atoms with Gasteiger partial charge in [0, 0.05) is 11.1 Å². The van der Waals surface area contributed by atoms with Crippen molar-refractivity contribution in [1.29, 1.82) is 0 Å². The molecule has 2 aromatic carbocycles. The van der Waals surface area contributed by atoms with Crippen LogP contribution in [0.25, 0.3) is 0 Å². The highest BCUT2D eigenvalue weighted by molar-refractivity contribution is 6.30. The molecule has 0 aliphatic rings. The first-order valence-corrected chi connectivity index (χ1v) is 6.66. The number of ether oxygens (including phenoxy) is 1. The molecule has 19 heavy (non-hydrogen) atoms. The Morgan fingerprint density at radius 2 is 1.95 bits per heavy atom. The van der Waals surface area contributed by atoms with Crippen LogP contribution in [0, 0.1) is 0 Å². The molecule has 0 radical (unpaired) electrons. The van der Waals surface area contributed by atoms with E-state index in [0.717, 1.165) is 17.2 Å². The molecule has 2 aromatic rings. The van der Waals surface area contributed by atoms with Crippen LogP contribution in [0.2, 0.25) is 5.02 Å². The summed E-state index contributed by atoms with van der Waals surface area (Å²) in [6.45, 7) is 0. The van der Waals surface area contributed by atoms with E-state index in [1.54, 1.807) is 7.11 Å². The normalized spacial score (nSPS) is 12.2. The third-order valence-corrected chi connectivity index (χ3v) is 3.41. The monoisotopic (exact) mass is 275 g/mol. The fourth-order valence-electron chi connectivity index (χ4n) is 2.14. The number of nitrogens with one attached hydrogen (secondary N) is 1. The molecular formula is C16H18ClNO. The third kappa shape index (κ3) is 3.72. The number of benzene rings is 2. The van der Waals surface area contributed by atoms with Crippen LogP contribution in [0.3, 0.4) is 0 Å². The van der Waals surface area contributed by atoms with Gasteiger partial charge in [0.25, 0.3) is 0 Å². The zero-order valence-electron chi connectivity index (χ0n) is 11.2. The van der Waals surface area contributed by atoms with Gasteiger partial charge in [-0.2, -0.15) is 0 Å². The fraction of sp³-hybridized carbons (Fsp3) is 0.250. The Bertz CT molecular complexity index is 542. The van der Waals surface area contributed by atoms with Crippen LogP contribution < -0.4 is 10.1 Å². The van der Waals surface area contributed by atoms with Crippen molar-refractivity contribution in [1.82, 2.24) is 5.32 Å². The van der Waals surface area contributed by atoms with E-state index in [-0.39, 0.29) is 6.04 Å². The lowest BCUT2D eigenvalue weighted by atomic mass is 9.99. The van der Waals surface area contributed by atoms with Crippen LogP contribution in [0.15, 0.2) is 48.5 Å². The second-order valence-corrected chi connectivity index (χ2v) is 4.89. The average Bonchev–Trinajstić information content (AvgIpc) is 2.45. The largest absolute Gasteiger partial charge is 0.497 e. The molecule has 0 aromatic heterocycles. The van der Waals surface area contributed by atoms with Crippen molar-refractivity contribution in [2.75, 3.05) is 14.2 Å². The molecule has 2 nitrogen and oxygen atoms in total. The Morgan fingerprint density at radius 1 is 1.16 bits per heavy atom. The minimum Gasteiger partial charge on any atom is -0.497 e. The average molecular weight is 276 g/mol. The van der Waals surface area contributed by atoms with Gasteiger partial charge in [0.1, 0.15) is 5.75 Å². The number of rotatable bonds is 5. The van der Waals surface area contributed by atoms with Gasteiger partial charge in [-0.05, 0) is 48.9 Å². The molecule has 2 rings (SSSR count). The molecule has 0 saturated heterocycles. The Hall–Kier alpha value is -1.51. The van der Waals surface area contributed by atoms with Crippen LogP contribution in [0.5, 0.6) is 5.75 Å². The predicted molar refractivity (Wildman–Crippen MR) is 80.0 cm³/mol. The van der Waals surface area contributed by atoms with Crippen LogP contribution in [0.4, 0.5) is 0 Å². The van der Waals surface area contributed by atoms with E-state index < -0.39 is 0 Å². The smallest absolute Gasteiger partial charge is 0.119 e. The van der Waals surface area contributed by atoms with Gasteiger partial charge >= 0.3 is 0 Å². The quantitative estimate of drug-likeness (QED) is 0.895. The first-order chi connectivity index (χ1) is 9.22. The van der Waals surface area contributed by atoms with E-state index in [9.17, 15) is 0 Å². The molecule has 0 spiro atoms. The van der Waals surface area contributed by atoms with E-state index >= 15 is 0 Å². The Labute approximate surface area is 119 Å². The van der Waals surface area contributed by atoms with Crippen molar-refractivity contribution in [3.63, 3.8) is 0 Å². The number of methoxy groups -OCH3 is 1. The summed E-state index contributed by atoms with van der Waals surface area (Å²) >= 11 is 6.02. The summed E-state index contributed by atoms with van der Waals surface area (Å²) in [6.07, 6.45) is 0.893. The maximum Gasteiger partial charge on any atom is 0.119 e. The van der Waals surface area contributed by atoms with Crippen LogP contribution in [-0.2, 0) is 6.42 Å². The van der Waals surface area contributed by atoms with Gasteiger partial charge in [-0.15, -0.1) is 0 Å². The molecule has 1 atom stereocenters. The second-order valence-electron chi connectivity index (χ2n) is 4.45. The van der Waals surface area contributed by atoms with Gasteiger partial charge in [-0.3, -0.25) is 0 Å². The molecule has 1 N–H and O–H groups in total. The van der Waals surface area contributed by atoms with Crippen molar-refractivity contribution in [3.8, 4) is 5.75 Å². The standard InChI is InChI=1S/C16H18ClNO/c1-18-16(10-12-5-3-7-14(17)9-12)13-6-4-8-15(11-13)19-2/h3-9,11,16,18H,10H2,1-2H3. The molecule has 1 unspecified atom stereocenters. The fourth-order valence-corrected chi connectivity index (χ4v) is 2.36. The predicted octanol–water partition coefficient (Wildman–Crippen LogP) is 3.85. The van der Waals surface area contributed by atoms with E-state index in [0.29, 0.717) is 0 Å². The number of halogens is 1. The summed E-state index contributed by atoms with van der Waals surface area (Å²) in [5, 5.41) is 4.11. The molecule has 0 saturated carbocycles. The number of hydrogen-bond acceptors (Lipinski definition) is 2. The summed E-state index contributed by atoms with van der Waals surface area (Å²) in [7, 11) is 3.65. The van der Waals surface area contributed by atoms with E-state index in [1.807, 2.05) is 37.4 Å². The summed E-state index contributed by atoms with van der Waals surface area (Å²) < 4.78 is 5.27. The number of likely N-dealkylation sites (N-methyl/N-ethyl adjacent to an activating group) is 1. The van der Waals surface area contributed by atoms with Crippen LogP contribution >= 0.6 is 11.6 Å². The van der Waals surface area contributed by atoms with E-state index in [2.05, 4.69) is 23.5 Å². The highest BCUT2D eigenvalue weighted by Crippen LogP contribution is 2.23. The maximum atomic E-state index is 6.02. The van der Waals surface area contributed by atoms with Gasteiger partial charge in [0.2, 0.25) is 0 Å². The van der Waals surface area contributed by atoms with Crippen molar-refractivity contribution < 1.29 is 4.74 Å². The van der Waals surface area contributed by atoms with E-state index in [4.69, 9.17) is 16.3 Å². The minimum absolute atomic E-state index is 0.244. The van der Waals surface area contributed by atoms with Crippen LogP contribution in [0.1, 0.15) is 17.2 Å². The summed E-state index contributed by atoms with van der Waals surface area (Å²) in [5.41, 5.74) is 2.43. The Kier molecular flexibility index (Phi) is 4.83. The highest BCUT2D eigenvalue weighted by atomic mass is 35.5. The second kappa shape index (κ2) is 6.60. The molecule has 0 aliphatic heterocycles. The Morgan fingerprint density at radius 3 is 2.63 bits per heavy atom. The molecule has 100 valence electrons. The zero-order valence-corrected chi connectivity index (χ0v) is 11.9. The zero-order chi connectivity index (χ0) is 13.7. The highest BCUT2D eigenvalue weighted by Gasteiger charge is 2.11. The van der Waals surface area contributed by atoms with Gasteiger partial charge in [-0.25, -0.2) is 0 Å². The lowest BCUT2D eigenvalue weighted by molar-refractivity contribution is 0.413. The van der Waals surface area contributed by atoms with Gasteiger partial charge in [-0.1, -0.05) is 35.9 Å². The summed E-state index contributed by atoms with van der Waals surface area (Å²) in [4.78, 5) is 0. The van der Waals surface area contributed by atoms with Gasteiger partial charge < -0.3 is 10.1 Å². The topological polar surface area (TPSA) is 21.3 Å². The molecule has 0 amide bonds. The molecule has 0 fully saturated rings. The van der Waals surface area contributed by atoms with Gasteiger partial charge in [0.15, 0.2) is 0 Å². The maximum absolute atomic E-state index is 6.02. The van der Waals surface area contributed by atoms with Crippen molar-refractivity contribution in [2.24, 2.45) is 0 Å². The van der Waals surface area contributed by atoms with Crippen molar-refractivity contribution >= 4 is 11.6 Å². The first-order valence-electron chi connectivity index (χ1n) is 6.28. The lowest BCUT2D eigenvalue weighted by Crippen LogP contribution is -2.18. The first kappa shape index (κ1) is 13.9. The Balaban J connectivity index is 2.19.